The van der Waals surface area contributed by atoms with Gasteiger partial charge in [-0.3, -0.25) is 10.1 Å². The van der Waals surface area contributed by atoms with Gasteiger partial charge in [-0.15, -0.1) is 12.4 Å². The first kappa shape index (κ1) is 16.5. The molecule has 0 aromatic heterocycles. The number of hydrogen-bond acceptors (Lipinski definition) is 6. The number of nitro benzene ring substituents is 1. The van der Waals surface area contributed by atoms with E-state index in [-0.39, 0.29) is 18.3 Å². The van der Waals surface area contributed by atoms with Gasteiger partial charge in [0, 0.05) is 25.3 Å². The fourth-order valence-corrected chi connectivity index (χ4v) is 2.30. The number of benzene rings is 1. The van der Waals surface area contributed by atoms with Crippen LogP contribution in [-0.2, 0) is 4.74 Å². The second kappa shape index (κ2) is 6.74. The molecule has 0 aliphatic carbocycles. The van der Waals surface area contributed by atoms with E-state index >= 15 is 0 Å². The Morgan fingerprint density at radius 2 is 1.95 bits per heavy atom. The number of aromatic hydroxyl groups is 2. The number of halogens is 1. The van der Waals surface area contributed by atoms with Crippen molar-refractivity contribution < 1.29 is 19.9 Å². The molecule has 1 aliphatic heterocycles. The lowest BCUT2D eigenvalue weighted by Crippen LogP contribution is -2.27. The van der Waals surface area contributed by atoms with Crippen molar-refractivity contribution in [3.63, 3.8) is 0 Å². The second-order valence-electron chi connectivity index (χ2n) is 4.64. The second-order valence-corrected chi connectivity index (χ2v) is 4.64. The third-order valence-electron chi connectivity index (χ3n) is 3.45. The molecule has 0 spiro atoms. The number of rotatable bonds is 3. The molecule has 20 heavy (non-hydrogen) atoms. The van der Waals surface area contributed by atoms with Crippen molar-refractivity contribution >= 4 is 18.1 Å². The predicted octanol–water partition coefficient (Wildman–Crippen LogP) is 1.85. The van der Waals surface area contributed by atoms with Gasteiger partial charge >= 0.3 is 5.69 Å². The third-order valence-corrected chi connectivity index (χ3v) is 3.45. The van der Waals surface area contributed by atoms with Gasteiger partial charge in [0.25, 0.3) is 0 Å². The zero-order chi connectivity index (χ0) is 14.0. The van der Waals surface area contributed by atoms with Crippen molar-refractivity contribution in [1.29, 1.82) is 0 Å². The first-order valence-electron chi connectivity index (χ1n) is 6.04. The van der Waals surface area contributed by atoms with Crippen LogP contribution in [0, 0.1) is 16.0 Å². The highest BCUT2D eigenvalue weighted by atomic mass is 35.5. The van der Waals surface area contributed by atoms with Gasteiger partial charge in [0.2, 0.25) is 5.75 Å². The molecule has 1 atom stereocenters. The van der Waals surface area contributed by atoms with Crippen molar-refractivity contribution in [2.75, 3.05) is 13.2 Å². The van der Waals surface area contributed by atoms with Crippen molar-refractivity contribution in [2.24, 2.45) is 11.7 Å². The summed E-state index contributed by atoms with van der Waals surface area (Å²) in [5.74, 6) is -1.10. The molecule has 4 N–H and O–H groups in total. The number of nitrogens with two attached hydrogens (primary N) is 1. The van der Waals surface area contributed by atoms with Crippen LogP contribution in [0.4, 0.5) is 5.69 Å². The summed E-state index contributed by atoms with van der Waals surface area (Å²) in [4.78, 5) is 10.1. The largest absolute Gasteiger partial charge is 0.504 e. The molecule has 1 fully saturated rings. The van der Waals surface area contributed by atoms with E-state index in [4.69, 9.17) is 10.5 Å². The van der Waals surface area contributed by atoms with Crippen LogP contribution >= 0.6 is 12.4 Å². The molecular weight excluding hydrogens is 288 g/mol. The van der Waals surface area contributed by atoms with Crippen LogP contribution < -0.4 is 5.73 Å². The van der Waals surface area contributed by atoms with E-state index in [2.05, 4.69) is 0 Å². The van der Waals surface area contributed by atoms with E-state index in [1.54, 1.807) is 0 Å². The Hall–Kier alpha value is -1.57. The Morgan fingerprint density at radius 1 is 1.35 bits per heavy atom. The molecule has 7 nitrogen and oxygen atoms in total. The summed E-state index contributed by atoms with van der Waals surface area (Å²) in [6.45, 7) is 1.23. The molecule has 8 heteroatoms. The van der Waals surface area contributed by atoms with Crippen molar-refractivity contribution in [3.8, 4) is 11.5 Å². The summed E-state index contributed by atoms with van der Waals surface area (Å²) in [5, 5.41) is 29.8. The van der Waals surface area contributed by atoms with Gasteiger partial charge in [-0.25, -0.2) is 0 Å². The molecule has 1 aliphatic rings. The van der Waals surface area contributed by atoms with Crippen LogP contribution in [0.25, 0.3) is 0 Å². The molecule has 0 radical (unpaired) electrons. The number of phenolic OH excluding ortho intramolecular Hbond substituents is 2. The zero-order valence-electron chi connectivity index (χ0n) is 10.7. The molecule has 0 saturated carbocycles. The van der Waals surface area contributed by atoms with Gasteiger partial charge in [-0.2, -0.15) is 0 Å². The topological polar surface area (TPSA) is 119 Å². The highest BCUT2D eigenvalue weighted by molar-refractivity contribution is 5.85. The summed E-state index contributed by atoms with van der Waals surface area (Å²) < 4.78 is 5.24. The van der Waals surface area contributed by atoms with Crippen LogP contribution in [0.2, 0.25) is 0 Å². The number of phenols is 2. The van der Waals surface area contributed by atoms with Crippen LogP contribution in [-0.4, -0.2) is 28.4 Å². The van der Waals surface area contributed by atoms with E-state index in [1.807, 2.05) is 0 Å². The van der Waals surface area contributed by atoms with Crippen LogP contribution in [0.15, 0.2) is 12.1 Å². The highest BCUT2D eigenvalue weighted by Gasteiger charge is 2.26. The summed E-state index contributed by atoms with van der Waals surface area (Å²) in [6, 6.07) is 2.08. The average molecular weight is 305 g/mol. The normalized spacial score (nSPS) is 17.2. The van der Waals surface area contributed by atoms with Crippen LogP contribution in [0.5, 0.6) is 11.5 Å². The van der Waals surface area contributed by atoms with Gasteiger partial charge in [-0.05, 0) is 30.4 Å². The Bertz CT molecular complexity index is 491. The maximum atomic E-state index is 10.8. The Morgan fingerprint density at radius 3 is 2.50 bits per heavy atom. The molecule has 1 aromatic carbocycles. The lowest BCUT2D eigenvalue weighted by Gasteiger charge is -2.27. The first-order valence-corrected chi connectivity index (χ1v) is 6.04. The maximum Gasteiger partial charge on any atom is 0.314 e. The highest BCUT2D eigenvalue weighted by Crippen LogP contribution is 2.39. The molecule has 1 heterocycles. The van der Waals surface area contributed by atoms with Gasteiger partial charge in [0.05, 0.1) is 4.92 Å². The molecule has 0 unspecified atom stereocenters. The Labute approximate surface area is 121 Å². The molecular formula is C12H17ClN2O5. The number of nitrogens with zero attached hydrogens (tertiary/aromatic N) is 1. The lowest BCUT2D eigenvalue weighted by molar-refractivity contribution is -0.386. The molecule has 112 valence electrons. The molecule has 2 rings (SSSR count). The molecule has 0 bridgehead atoms. The monoisotopic (exact) mass is 304 g/mol. The fourth-order valence-electron chi connectivity index (χ4n) is 2.30. The zero-order valence-corrected chi connectivity index (χ0v) is 11.5. The van der Waals surface area contributed by atoms with Crippen molar-refractivity contribution in [2.45, 2.75) is 18.9 Å². The Balaban J connectivity index is 0.00000200. The summed E-state index contributed by atoms with van der Waals surface area (Å²) >= 11 is 0. The SMILES string of the molecule is Cl.N[C@H](c1cc(O)c(O)c([N+](=O)[O-])c1)C1CCOCC1. The van der Waals surface area contributed by atoms with Gasteiger partial charge in [-0.1, -0.05) is 0 Å². The Kier molecular flexibility index (Phi) is 5.55. The van der Waals surface area contributed by atoms with E-state index in [0.29, 0.717) is 18.8 Å². The minimum Gasteiger partial charge on any atom is -0.504 e. The fraction of sp³-hybridized carbons (Fsp3) is 0.500. The predicted molar refractivity (Wildman–Crippen MR) is 74.1 cm³/mol. The van der Waals surface area contributed by atoms with E-state index in [0.717, 1.165) is 12.8 Å². The molecule has 1 aromatic rings. The van der Waals surface area contributed by atoms with E-state index in [1.165, 1.54) is 12.1 Å². The quantitative estimate of drug-likeness (QED) is 0.445. The van der Waals surface area contributed by atoms with Gasteiger partial charge < -0.3 is 20.7 Å². The minimum absolute atomic E-state index is 0. The number of ether oxygens (including phenoxy) is 1. The maximum absolute atomic E-state index is 10.8. The number of nitro groups is 1. The number of hydrogen-bond donors (Lipinski definition) is 3. The van der Waals surface area contributed by atoms with Crippen LogP contribution in [0.1, 0.15) is 24.4 Å². The van der Waals surface area contributed by atoms with Crippen LogP contribution in [0.3, 0.4) is 0 Å². The standard InChI is InChI=1S/C12H16N2O5.ClH/c13-11(7-1-3-19-4-2-7)8-5-9(14(17)18)12(16)10(15)6-8;/h5-7,11,15-16H,1-4,13H2;1H/t11-;/m0./s1. The molecule has 0 amide bonds. The van der Waals surface area contributed by atoms with Gasteiger partial charge in [0.1, 0.15) is 0 Å². The third kappa shape index (κ3) is 3.30. The smallest absolute Gasteiger partial charge is 0.314 e. The minimum atomic E-state index is -0.741. The van der Waals surface area contributed by atoms with E-state index < -0.39 is 28.2 Å². The van der Waals surface area contributed by atoms with Gasteiger partial charge in [0.15, 0.2) is 5.75 Å². The summed E-state index contributed by atoms with van der Waals surface area (Å²) in [6.07, 6.45) is 1.55. The summed E-state index contributed by atoms with van der Waals surface area (Å²) in [5.41, 5.74) is 6.01. The molecule has 1 saturated heterocycles. The lowest BCUT2D eigenvalue weighted by atomic mass is 9.87. The summed E-state index contributed by atoms with van der Waals surface area (Å²) in [7, 11) is 0. The average Bonchev–Trinajstić information content (AvgIpc) is 2.41. The first-order chi connectivity index (χ1) is 9.00. The van der Waals surface area contributed by atoms with Crippen molar-refractivity contribution in [1.82, 2.24) is 0 Å². The van der Waals surface area contributed by atoms with E-state index in [9.17, 15) is 20.3 Å². The van der Waals surface area contributed by atoms with Crippen molar-refractivity contribution in [3.05, 3.63) is 27.8 Å².